The summed E-state index contributed by atoms with van der Waals surface area (Å²) in [6.45, 7) is 9.92. The molecule has 1 saturated heterocycles. The molecule has 3 nitrogen and oxygen atoms in total. The fourth-order valence-electron chi connectivity index (χ4n) is 2.79. The van der Waals surface area contributed by atoms with Crippen molar-refractivity contribution in [3.8, 4) is 0 Å². The van der Waals surface area contributed by atoms with Crippen LogP contribution in [0.15, 0.2) is 18.2 Å². The van der Waals surface area contributed by atoms with Gasteiger partial charge >= 0.3 is 0 Å². The Balaban J connectivity index is 1.99. The molecule has 1 amide bonds. The van der Waals surface area contributed by atoms with Crippen LogP contribution in [0, 0.1) is 13.8 Å². The van der Waals surface area contributed by atoms with E-state index >= 15 is 0 Å². The Hall–Kier alpha value is -1.35. The van der Waals surface area contributed by atoms with E-state index in [0.717, 1.165) is 26.2 Å². The maximum absolute atomic E-state index is 12.3. The molecular formula is C16H24N2O. The molecule has 1 fully saturated rings. The lowest BCUT2D eigenvalue weighted by molar-refractivity contribution is -0.132. The first-order valence-corrected chi connectivity index (χ1v) is 7.13. The molecule has 0 aromatic heterocycles. The van der Waals surface area contributed by atoms with Crippen molar-refractivity contribution in [2.24, 2.45) is 0 Å². The molecular weight excluding hydrogens is 236 g/mol. The molecule has 1 unspecified atom stereocenters. The third-order valence-corrected chi connectivity index (χ3v) is 3.91. The van der Waals surface area contributed by atoms with Gasteiger partial charge in [-0.25, -0.2) is 0 Å². The van der Waals surface area contributed by atoms with E-state index in [1.807, 2.05) is 4.90 Å². The van der Waals surface area contributed by atoms with E-state index in [0.29, 0.717) is 12.3 Å². The number of piperazine rings is 1. The van der Waals surface area contributed by atoms with E-state index in [-0.39, 0.29) is 5.91 Å². The van der Waals surface area contributed by atoms with Gasteiger partial charge in [-0.15, -0.1) is 0 Å². The van der Waals surface area contributed by atoms with Crippen molar-refractivity contribution >= 4 is 5.91 Å². The van der Waals surface area contributed by atoms with Crippen molar-refractivity contribution in [1.82, 2.24) is 10.2 Å². The Labute approximate surface area is 116 Å². The van der Waals surface area contributed by atoms with E-state index in [2.05, 4.69) is 44.3 Å². The van der Waals surface area contributed by atoms with Crippen LogP contribution in [0.25, 0.3) is 0 Å². The lowest BCUT2D eigenvalue weighted by Gasteiger charge is -2.28. The van der Waals surface area contributed by atoms with Crippen molar-refractivity contribution in [1.29, 1.82) is 0 Å². The van der Waals surface area contributed by atoms with Gasteiger partial charge in [0.25, 0.3) is 0 Å². The second-order valence-electron chi connectivity index (χ2n) is 5.60. The summed E-state index contributed by atoms with van der Waals surface area (Å²) in [4.78, 5) is 14.2. The fourth-order valence-corrected chi connectivity index (χ4v) is 2.79. The number of carbonyl (C=O) groups is 1. The minimum atomic E-state index is 0.286. The molecule has 0 radical (unpaired) electrons. The maximum atomic E-state index is 12.3. The minimum Gasteiger partial charge on any atom is -0.340 e. The van der Waals surface area contributed by atoms with Gasteiger partial charge in [0.05, 0.1) is 0 Å². The molecule has 1 aliphatic rings. The average Bonchev–Trinajstić information content (AvgIpc) is 2.39. The number of benzene rings is 1. The topological polar surface area (TPSA) is 32.3 Å². The molecule has 1 aliphatic heterocycles. The number of aryl methyl sites for hydroxylation is 2. The van der Waals surface area contributed by atoms with Crippen molar-refractivity contribution in [2.45, 2.75) is 33.1 Å². The average molecular weight is 260 g/mol. The summed E-state index contributed by atoms with van der Waals surface area (Å²) in [6, 6.07) is 6.50. The maximum Gasteiger partial charge on any atom is 0.223 e. The van der Waals surface area contributed by atoms with Crippen LogP contribution >= 0.6 is 0 Å². The van der Waals surface area contributed by atoms with Crippen LogP contribution < -0.4 is 5.32 Å². The quantitative estimate of drug-likeness (QED) is 0.904. The predicted molar refractivity (Wildman–Crippen MR) is 78.4 cm³/mol. The van der Waals surface area contributed by atoms with Gasteiger partial charge in [-0.2, -0.15) is 0 Å². The van der Waals surface area contributed by atoms with E-state index < -0.39 is 0 Å². The van der Waals surface area contributed by atoms with Crippen LogP contribution in [0.3, 0.4) is 0 Å². The number of rotatable bonds is 3. The number of hydrogen-bond acceptors (Lipinski definition) is 2. The van der Waals surface area contributed by atoms with Gasteiger partial charge < -0.3 is 10.2 Å². The number of amides is 1. The molecule has 2 rings (SSSR count). The lowest BCUT2D eigenvalue weighted by Crippen LogP contribution is -2.46. The first kappa shape index (κ1) is 14.1. The van der Waals surface area contributed by atoms with Gasteiger partial charge in [-0.3, -0.25) is 4.79 Å². The molecule has 19 heavy (non-hydrogen) atoms. The highest BCUT2D eigenvalue weighted by molar-refractivity contribution is 5.77. The first-order valence-electron chi connectivity index (χ1n) is 7.13. The van der Waals surface area contributed by atoms with Gasteiger partial charge in [-0.05, 0) is 30.9 Å². The molecule has 3 heteroatoms. The first-order chi connectivity index (χ1) is 9.08. The Bertz CT molecular complexity index is 450. The van der Waals surface area contributed by atoms with Crippen LogP contribution in [0.1, 0.15) is 36.0 Å². The highest BCUT2D eigenvalue weighted by atomic mass is 16.2. The zero-order chi connectivity index (χ0) is 13.8. The van der Waals surface area contributed by atoms with E-state index in [9.17, 15) is 4.79 Å². The van der Waals surface area contributed by atoms with Crippen molar-refractivity contribution < 1.29 is 4.79 Å². The summed E-state index contributed by atoms with van der Waals surface area (Å²) in [5.41, 5.74) is 3.87. The predicted octanol–water partition coefficient (Wildman–Crippen LogP) is 2.23. The van der Waals surface area contributed by atoms with E-state index in [4.69, 9.17) is 0 Å². The minimum absolute atomic E-state index is 0.286. The number of nitrogens with one attached hydrogen (secondary N) is 1. The molecule has 1 N–H and O–H groups in total. The molecule has 0 bridgehead atoms. The number of carbonyl (C=O) groups excluding carboxylic acids is 1. The molecule has 0 aliphatic carbocycles. The van der Waals surface area contributed by atoms with E-state index in [1.54, 1.807) is 0 Å². The smallest absolute Gasteiger partial charge is 0.223 e. The summed E-state index contributed by atoms with van der Waals surface area (Å²) in [5, 5.41) is 3.28. The Morgan fingerprint density at radius 1 is 1.32 bits per heavy atom. The highest BCUT2D eigenvalue weighted by Gasteiger charge is 2.19. The summed E-state index contributed by atoms with van der Waals surface area (Å²) in [5.74, 6) is 0.581. The standard InChI is InChI=1S/C16H24N2O/c1-12-4-5-15(13(2)10-12)14(3)11-16(19)18-8-6-17-7-9-18/h4-5,10,14,17H,6-9,11H2,1-3H3. The van der Waals surface area contributed by atoms with Gasteiger partial charge in [0.15, 0.2) is 0 Å². The number of hydrogen-bond donors (Lipinski definition) is 1. The second-order valence-corrected chi connectivity index (χ2v) is 5.60. The molecule has 104 valence electrons. The monoisotopic (exact) mass is 260 g/mol. The van der Waals surface area contributed by atoms with Crippen LogP contribution in [0.5, 0.6) is 0 Å². The molecule has 1 atom stereocenters. The van der Waals surface area contributed by atoms with Crippen LogP contribution in [-0.2, 0) is 4.79 Å². The zero-order valence-electron chi connectivity index (χ0n) is 12.2. The largest absolute Gasteiger partial charge is 0.340 e. The zero-order valence-corrected chi connectivity index (χ0v) is 12.2. The summed E-state index contributed by atoms with van der Waals surface area (Å²) < 4.78 is 0. The van der Waals surface area contributed by atoms with Crippen LogP contribution in [0.2, 0.25) is 0 Å². The van der Waals surface area contributed by atoms with Crippen molar-refractivity contribution in [3.63, 3.8) is 0 Å². The van der Waals surface area contributed by atoms with Gasteiger partial charge in [0, 0.05) is 32.6 Å². The molecule has 0 spiro atoms. The highest BCUT2D eigenvalue weighted by Crippen LogP contribution is 2.24. The molecule has 1 aromatic carbocycles. The van der Waals surface area contributed by atoms with Crippen LogP contribution in [0.4, 0.5) is 0 Å². The lowest BCUT2D eigenvalue weighted by atomic mass is 9.92. The normalized spacial score (nSPS) is 17.3. The third kappa shape index (κ3) is 3.57. The second kappa shape index (κ2) is 6.20. The number of nitrogens with zero attached hydrogens (tertiary/aromatic N) is 1. The Kier molecular flexibility index (Phi) is 4.59. The van der Waals surface area contributed by atoms with Crippen LogP contribution in [-0.4, -0.2) is 37.0 Å². The molecule has 1 heterocycles. The fraction of sp³-hybridized carbons (Fsp3) is 0.562. The Morgan fingerprint density at radius 2 is 2.00 bits per heavy atom. The van der Waals surface area contributed by atoms with Gasteiger partial charge in [0.2, 0.25) is 5.91 Å². The van der Waals surface area contributed by atoms with Gasteiger partial charge in [0.1, 0.15) is 0 Å². The van der Waals surface area contributed by atoms with Crippen molar-refractivity contribution in [3.05, 3.63) is 34.9 Å². The summed E-state index contributed by atoms with van der Waals surface area (Å²) in [6.07, 6.45) is 0.615. The Morgan fingerprint density at radius 3 is 2.63 bits per heavy atom. The SMILES string of the molecule is Cc1ccc(C(C)CC(=O)N2CCNCC2)c(C)c1. The summed E-state index contributed by atoms with van der Waals surface area (Å²) >= 11 is 0. The van der Waals surface area contributed by atoms with Gasteiger partial charge in [-0.1, -0.05) is 30.7 Å². The third-order valence-electron chi connectivity index (χ3n) is 3.91. The van der Waals surface area contributed by atoms with E-state index in [1.165, 1.54) is 16.7 Å². The molecule has 0 saturated carbocycles. The van der Waals surface area contributed by atoms with Crippen molar-refractivity contribution in [2.75, 3.05) is 26.2 Å². The summed E-state index contributed by atoms with van der Waals surface area (Å²) in [7, 11) is 0. The molecule has 1 aromatic rings.